The molecule has 2 amide bonds. The van der Waals surface area contributed by atoms with Crippen LogP contribution in [0.25, 0.3) is 0 Å². The molecule has 0 atom stereocenters. The van der Waals surface area contributed by atoms with Gasteiger partial charge in [0.05, 0.1) is 0 Å². The molecule has 0 aliphatic carbocycles. The second-order valence-electron chi connectivity index (χ2n) is 6.92. The van der Waals surface area contributed by atoms with Crippen molar-refractivity contribution < 1.29 is 24.2 Å². The van der Waals surface area contributed by atoms with E-state index in [0.29, 0.717) is 35.4 Å². The minimum Gasteiger partial charge on any atom is -0.481 e. The SMILES string of the molecule is Cc1cc(C(=O)NCCC(=O)N2CCCCCC2)cc(C)c1OCC(=O)O. The van der Waals surface area contributed by atoms with Crippen molar-refractivity contribution in [3.05, 3.63) is 28.8 Å². The lowest BCUT2D eigenvalue weighted by Gasteiger charge is -2.20. The summed E-state index contributed by atoms with van der Waals surface area (Å²) in [5.41, 5.74) is 1.86. The number of nitrogens with zero attached hydrogens (tertiary/aromatic N) is 1. The van der Waals surface area contributed by atoms with Crippen molar-refractivity contribution >= 4 is 17.8 Å². The van der Waals surface area contributed by atoms with Crippen LogP contribution < -0.4 is 10.1 Å². The van der Waals surface area contributed by atoms with E-state index in [2.05, 4.69) is 5.32 Å². The van der Waals surface area contributed by atoms with Gasteiger partial charge in [-0.25, -0.2) is 4.79 Å². The third kappa shape index (κ3) is 6.27. The van der Waals surface area contributed by atoms with Crippen LogP contribution >= 0.6 is 0 Å². The van der Waals surface area contributed by atoms with Gasteiger partial charge in [0.25, 0.3) is 5.91 Å². The van der Waals surface area contributed by atoms with Crippen LogP contribution in [0, 0.1) is 13.8 Å². The van der Waals surface area contributed by atoms with Gasteiger partial charge in [-0.1, -0.05) is 12.8 Å². The van der Waals surface area contributed by atoms with Gasteiger partial charge < -0.3 is 20.1 Å². The minimum atomic E-state index is -1.05. The van der Waals surface area contributed by atoms with Gasteiger partial charge >= 0.3 is 5.97 Å². The standard InChI is InChI=1S/C20H28N2O5/c1-14-11-16(12-15(2)19(14)27-13-18(24)25)20(26)21-8-7-17(23)22-9-5-3-4-6-10-22/h11-12H,3-10,13H2,1-2H3,(H,21,26)(H,24,25). The maximum Gasteiger partial charge on any atom is 0.341 e. The molecule has 0 aromatic heterocycles. The number of carbonyl (C=O) groups is 3. The zero-order chi connectivity index (χ0) is 19.8. The van der Waals surface area contributed by atoms with E-state index in [1.54, 1.807) is 26.0 Å². The molecule has 1 saturated heterocycles. The Labute approximate surface area is 159 Å². The van der Waals surface area contributed by atoms with Crippen molar-refractivity contribution in [1.29, 1.82) is 0 Å². The van der Waals surface area contributed by atoms with Gasteiger partial charge in [0, 0.05) is 31.6 Å². The van der Waals surface area contributed by atoms with Gasteiger partial charge in [0.15, 0.2) is 6.61 Å². The first-order chi connectivity index (χ1) is 12.9. The number of aliphatic carboxylic acids is 1. The lowest BCUT2D eigenvalue weighted by molar-refractivity contribution is -0.139. The summed E-state index contributed by atoms with van der Waals surface area (Å²) in [6.45, 7) is 5.02. The molecule has 1 heterocycles. The van der Waals surface area contributed by atoms with Gasteiger partial charge in [0.2, 0.25) is 5.91 Å². The van der Waals surface area contributed by atoms with Gasteiger partial charge in [-0.15, -0.1) is 0 Å². The van der Waals surface area contributed by atoms with E-state index in [9.17, 15) is 14.4 Å². The van der Waals surface area contributed by atoms with E-state index in [1.165, 1.54) is 12.8 Å². The van der Waals surface area contributed by atoms with Crippen molar-refractivity contribution in [3.63, 3.8) is 0 Å². The quantitative estimate of drug-likeness (QED) is 0.761. The highest BCUT2D eigenvalue weighted by atomic mass is 16.5. The third-order valence-electron chi connectivity index (χ3n) is 4.65. The summed E-state index contributed by atoms with van der Waals surface area (Å²) in [6, 6.07) is 3.33. The van der Waals surface area contributed by atoms with Gasteiger partial charge in [-0.05, 0) is 49.9 Å². The molecule has 7 nitrogen and oxygen atoms in total. The molecule has 1 aromatic carbocycles. The first-order valence-corrected chi connectivity index (χ1v) is 9.40. The summed E-state index contributed by atoms with van der Waals surface area (Å²) < 4.78 is 5.27. The number of amides is 2. The van der Waals surface area contributed by atoms with E-state index < -0.39 is 12.6 Å². The number of likely N-dealkylation sites (tertiary alicyclic amines) is 1. The maximum absolute atomic E-state index is 12.4. The molecule has 0 unspecified atom stereocenters. The summed E-state index contributed by atoms with van der Waals surface area (Å²) in [6.07, 6.45) is 4.74. The number of carboxylic acid groups (broad SMARTS) is 1. The molecule has 0 spiro atoms. The fourth-order valence-electron chi connectivity index (χ4n) is 3.31. The average molecular weight is 376 g/mol. The van der Waals surface area contributed by atoms with Gasteiger partial charge in [0.1, 0.15) is 5.75 Å². The molecular weight excluding hydrogens is 348 g/mol. The van der Waals surface area contributed by atoms with Crippen LogP contribution in [0.3, 0.4) is 0 Å². The summed E-state index contributed by atoms with van der Waals surface area (Å²) in [5, 5.41) is 11.5. The van der Waals surface area contributed by atoms with E-state index in [0.717, 1.165) is 25.9 Å². The van der Waals surface area contributed by atoms with E-state index in [1.807, 2.05) is 4.90 Å². The van der Waals surface area contributed by atoms with Crippen molar-refractivity contribution in [2.45, 2.75) is 46.0 Å². The fraction of sp³-hybridized carbons (Fsp3) is 0.550. The average Bonchev–Trinajstić information content (AvgIpc) is 2.89. The monoisotopic (exact) mass is 376 g/mol. The second-order valence-corrected chi connectivity index (χ2v) is 6.92. The predicted molar refractivity (Wildman–Crippen MR) is 101 cm³/mol. The molecule has 148 valence electrons. The van der Waals surface area contributed by atoms with Crippen LogP contribution in [0.15, 0.2) is 12.1 Å². The molecule has 27 heavy (non-hydrogen) atoms. The summed E-state index contributed by atoms with van der Waals surface area (Å²) in [7, 11) is 0. The van der Waals surface area contributed by atoms with Crippen LogP contribution in [-0.2, 0) is 9.59 Å². The number of rotatable bonds is 7. The fourth-order valence-corrected chi connectivity index (χ4v) is 3.31. The number of ether oxygens (including phenoxy) is 1. The number of benzene rings is 1. The van der Waals surface area contributed by atoms with Crippen LogP contribution in [0.1, 0.15) is 53.6 Å². The first kappa shape index (κ1) is 20.7. The van der Waals surface area contributed by atoms with E-state index >= 15 is 0 Å². The molecule has 1 aliphatic heterocycles. The lowest BCUT2D eigenvalue weighted by Crippen LogP contribution is -2.35. The molecule has 7 heteroatoms. The Hall–Kier alpha value is -2.57. The number of carbonyl (C=O) groups excluding carboxylic acids is 2. The van der Waals surface area contributed by atoms with Crippen molar-refractivity contribution in [1.82, 2.24) is 10.2 Å². The van der Waals surface area contributed by atoms with Crippen molar-refractivity contribution in [2.75, 3.05) is 26.2 Å². The van der Waals surface area contributed by atoms with Crippen LogP contribution in [-0.4, -0.2) is 54.0 Å². The molecule has 1 aromatic rings. The first-order valence-electron chi connectivity index (χ1n) is 9.40. The zero-order valence-electron chi connectivity index (χ0n) is 16.0. The normalized spacial score (nSPS) is 14.4. The number of nitrogens with one attached hydrogen (secondary N) is 1. The topological polar surface area (TPSA) is 95.9 Å². The van der Waals surface area contributed by atoms with Crippen molar-refractivity contribution in [2.24, 2.45) is 0 Å². The Morgan fingerprint density at radius 2 is 1.67 bits per heavy atom. The molecule has 1 fully saturated rings. The molecule has 0 radical (unpaired) electrons. The Morgan fingerprint density at radius 3 is 2.22 bits per heavy atom. The Bertz CT molecular complexity index is 671. The van der Waals surface area contributed by atoms with Gasteiger partial charge in [-0.3, -0.25) is 9.59 Å². The predicted octanol–water partition coefficient (Wildman–Crippen LogP) is 2.29. The molecule has 2 N–H and O–H groups in total. The lowest BCUT2D eigenvalue weighted by atomic mass is 10.1. The van der Waals surface area contributed by atoms with Gasteiger partial charge in [-0.2, -0.15) is 0 Å². The molecule has 2 rings (SSSR count). The van der Waals surface area contributed by atoms with Crippen molar-refractivity contribution in [3.8, 4) is 5.75 Å². The Morgan fingerprint density at radius 1 is 1.07 bits per heavy atom. The number of aryl methyl sites for hydroxylation is 2. The third-order valence-corrected chi connectivity index (χ3v) is 4.65. The Kier molecular flexibility index (Phi) is 7.64. The highest BCUT2D eigenvalue weighted by Gasteiger charge is 2.16. The smallest absolute Gasteiger partial charge is 0.341 e. The summed E-state index contributed by atoms with van der Waals surface area (Å²) in [4.78, 5) is 37.2. The largest absolute Gasteiger partial charge is 0.481 e. The van der Waals surface area contributed by atoms with E-state index in [4.69, 9.17) is 9.84 Å². The molecule has 1 aliphatic rings. The molecule has 0 bridgehead atoms. The zero-order valence-corrected chi connectivity index (χ0v) is 16.0. The highest BCUT2D eigenvalue weighted by Crippen LogP contribution is 2.24. The van der Waals surface area contributed by atoms with E-state index in [-0.39, 0.29) is 11.8 Å². The number of hydrogen-bond acceptors (Lipinski definition) is 4. The van der Waals surface area contributed by atoms with Crippen LogP contribution in [0.4, 0.5) is 0 Å². The van der Waals surface area contributed by atoms with Crippen LogP contribution in [0.5, 0.6) is 5.75 Å². The molecule has 0 saturated carbocycles. The van der Waals surface area contributed by atoms with Crippen LogP contribution in [0.2, 0.25) is 0 Å². The number of carboxylic acids is 1. The maximum atomic E-state index is 12.4. The minimum absolute atomic E-state index is 0.0852. The number of hydrogen-bond donors (Lipinski definition) is 2. The molecular formula is C20H28N2O5. The Balaban J connectivity index is 1.88. The summed E-state index contributed by atoms with van der Waals surface area (Å²) >= 11 is 0. The second kappa shape index (κ2) is 9.94. The highest BCUT2D eigenvalue weighted by molar-refractivity contribution is 5.95. The summed E-state index contributed by atoms with van der Waals surface area (Å²) in [5.74, 6) is -0.744.